The molecule has 0 saturated heterocycles. The molecule has 6 heteroatoms. The molecule has 0 amide bonds. The van der Waals surface area contributed by atoms with Gasteiger partial charge in [-0.15, -0.1) is 0 Å². The Kier molecular flexibility index (Phi) is 1.77. The van der Waals surface area contributed by atoms with Gasteiger partial charge in [0.2, 0.25) is 5.52 Å². The number of imidazole rings is 1. The van der Waals surface area contributed by atoms with Gasteiger partial charge in [-0.25, -0.2) is 4.57 Å². The van der Waals surface area contributed by atoms with Gasteiger partial charge in [-0.1, -0.05) is 4.98 Å². The molecule has 0 aromatic carbocycles. The van der Waals surface area contributed by atoms with Gasteiger partial charge in [0.25, 0.3) is 11.5 Å². The Morgan fingerprint density at radius 3 is 3.07 bits per heavy atom. The number of hydrogen-bond acceptors (Lipinski definition) is 3. The van der Waals surface area contributed by atoms with Gasteiger partial charge in [-0.2, -0.15) is 0 Å². The van der Waals surface area contributed by atoms with Gasteiger partial charge in [-0.05, 0) is 6.92 Å². The highest BCUT2D eigenvalue weighted by atomic mass is 16.1. The fraction of sp³-hybridized carbons (Fsp3) is 0.375. The molecule has 0 spiro atoms. The molecule has 0 aliphatic carbocycles. The summed E-state index contributed by atoms with van der Waals surface area (Å²) in [4.78, 5) is 18.1. The number of fused-ring (bicyclic) bond motifs is 1. The number of hydrogen-bond donors (Lipinski definition) is 2. The van der Waals surface area contributed by atoms with Crippen molar-refractivity contribution in [2.45, 2.75) is 13.5 Å². The smallest absolute Gasteiger partial charge is 0.311 e. The SMILES string of the molecule is CC[n+]1cn(C)c2c(=O)[nH]c(N)nc21. The van der Waals surface area contributed by atoms with Crippen molar-refractivity contribution in [2.75, 3.05) is 5.73 Å². The van der Waals surface area contributed by atoms with Gasteiger partial charge in [0.1, 0.15) is 0 Å². The zero-order chi connectivity index (χ0) is 10.3. The van der Waals surface area contributed by atoms with E-state index in [4.69, 9.17) is 5.73 Å². The lowest BCUT2D eigenvalue weighted by Gasteiger charge is -1.89. The van der Waals surface area contributed by atoms with Crippen LogP contribution in [0.25, 0.3) is 11.2 Å². The molecule has 0 unspecified atom stereocenters. The molecule has 2 aromatic heterocycles. The van der Waals surface area contributed by atoms with E-state index >= 15 is 0 Å². The van der Waals surface area contributed by atoms with Crippen molar-refractivity contribution in [3.63, 3.8) is 0 Å². The molecule has 6 nitrogen and oxygen atoms in total. The summed E-state index contributed by atoms with van der Waals surface area (Å²) in [6.07, 6.45) is 1.83. The van der Waals surface area contributed by atoms with Gasteiger partial charge in [0.05, 0.1) is 13.6 Å². The first-order valence-corrected chi connectivity index (χ1v) is 4.37. The van der Waals surface area contributed by atoms with Crippen molar-refractivity contribution in [1.82, 2.24) is 14.5 Å². The van der Waals surface area contributed by atoms with E-state index in [2.05, 4.69) is 9.97 Å². The average molecular weight is 194 g/mol. The number of nitrogen functional groups attached to an aromatic ring is 1. The van der Waals surface area contributed by atoms with E-state index in [1.165, 1.54) is 0 Å². The first-order chi connectivity index (χ1) is 6.63. The maximum absolute atomic E-state index is 11.5. The molecular formula is C8H12N5O+. The monoisotopic (exact) mass is 194 g/mol. The Balaban J connectivity index is 2.96. The Morgan fingerprint density at radius 1 is 1.71 bits per heavy atom. The van der Waals surface area contributed by atoms with Crippen LogP contribution in [-0.2, 0) is 13.6 Å². The van der Waals surface area contributed by atoms with Crippen LogP contribution in [0.4, 0.5) is 5.95 Å². The third-order valence-corrected chi connectivity index (χ3v) is 2.17. The van der Waals surface area contributed by atoms with Crippen LogP contribution in [0.2, 0.25) is 0 Å². The summed E-state index contributed by atoms with van der Waals surface area (Å²) >= 11 is 0. The van der Waals surface area contributed by atoms with E-state index in [0.717, 1.165) is 6.54 Å². The first-order valence-electron chi connectivity index (χ1n) is 4.37. The maximum atomic E-state index is 11.5. The van der Waals surface area contributed by atoms with Crippen LogP contribution in [0, 0.1) is 0 Å². The lowest BCUT2D eigenvalue weighted by molar-refractivity contribution is -0.670. The maximum Gasteiger partial charge on any atom is 0.311 e. The zero-order valence-corrected chi connectivity index (χ0v) is 8.11. The minimum atomic E-state index is -0.206. The fourth-order valence-electron chi connectivity index (χ4n) is 1.54. The molecule has 2 rings (SSSR count). The number of aromatic amines is 1. The predicted molar refractivity (Wildman–Crippen MR) is 51.6 cm³/mol. The highest BCUT2D eigenvalue weighted by Crippen LogP contribution is 2.01. The third-order valence-electron chi connectivity index (χ3n) is 2.17. The van der Waals surface area contributed by atoms with Crippen molar-refractivity contribution in [2.24, 2.45) is 7.05 Å². The number of nitrogens with one attached hydrogen (secondary N) is 1. The molecule has 0 atom stereocenters. The van der Waals surface area contributed by atoms with Crippen LogP contribution >= 0.6 is 0 Å². The lowest BCUT2D eigenvalue weighted by atomic mass is 10.5. The van der Waals surface area contributed by atoms with E-state index in [1.54, 1.807) is 4.57 Å². The van der Waals surface area contributed by atoms with E-state index in [-0.39, 0.29) is 11.5 Å². The number of anilines is 1. The number of aromatic nitrogens is 4. The molecule has 0 saturated carbocycles. The Morgan fingerprint density at radius 2 is 2.43 bits per heavy atom. The molecule has 74 valence electrons. The number of nitrogens with two attached hydrogens (primary N) is 1. The summed E-state index contributed by atoms with van der Waals surface area (Å²) in [6.45, 7) is 2.74. The van der Waals surface area contributed by atoms with Crippen LogP contribution in [0.15, 0.2) is 11.1 Å². The Hall–Kier alpha value is -1.85. The van der Waals surface area contributed by atoms with E-state index in [9.17, 15) is 4.79 Å². The molecule has 0 radical (unpaired) electrons. The van der Waals surface area contributed by atoms with Gasteiger partial charge in [0, 0.05) is 0 Å². The standard InChI is InChI=1S/C8H11N5O/c1-3-13-4-12(2)5-6(13)10-8(9)11-7(5)14/h4H,3H2,1-2H3,(H2-,9,10,11,14)/p+1. The first kappa shape index (κ1) is 8.74. The third kappa shape index (κ3) is 1.07. The van der Waals surface area contributed by atoms with Crippen molar-refractivity contribution in [3.05, 3.63) is 16.7 Å². The zero-order valence-electron chi connectivity index (χ0n) is 8.11. The minimum Gasteiger partial charge on any atom is -0.355 e. The molecule has 14 heavy (non-hydrogen) atoms. The highest BCUT2D eigenvalue weighted by molar-refractivity contribution is 5.66. The van der Waals surface area contributed by atoms with Gasteiger partial charge in [0.15, 0.2) is 6.33 Å². The number of rotatable bonds is 1. The topological polar surface area (TPSA) is 80.6 Å². The molecule has 2 heterocycles. The molecule has 0 fully saturated rings. The largest absolute Gasteiger partial charge is 0.355 e. The Bertz CT molecular complexity index is 538. The second-order valence-electron chi connectivity index (χ2n) is 3.14. The second kappa shape index (κ2) is 2.83. The molecule has 0 bridgehead atoms. The summed E-state index contributed by atoms with van der Waals surface area (Å²) in [5.74, 6) is 0.149. The number of aryl methyl sites for hydroxylation is 2. The van der Waals surface area contributed by atoms with E-state index in [0.29, 0.717) is 11.2 Å². The fourth-order valence-corrected chi connectivity index (χ4v) is 1.54. The predicted octanol–water partition coefficient (Wildman–Crippen LogP) is -0.849. The highest BCUT2D eigenvalue weighted by Gasteiger charge is 2.17. The van der Waals surface area contributed by atoms with Crippen molar-refractivity contribution < 1.29 is 4.57 Å². The molecular weight excluding hydrogens is 182 g/mol. The second-order valence-corrected chi connectivity index (χ2v) is 3.14. The van der Waals surface area contributed by atoms with E-state index < -0.39 is 0 Å². The van der Waals surface area contributed by atoms with Crippen LogP contribution in [0.3, 0.4) is 0 Å². The van der Waals surface area contributed by atoms with Gasteiger partial charge in [-0.3, -0.25) is 14.3 Å². The summed E-state index contributed by atoms with van der Waals surface area (Å²) in [5.41, 5.74) is 6.43. The van der Waals surface area contributed by atoms with Gasteiger partial charge >= 0.3 is 5.65 Å². The molecule has 2 aromatic rings. The number of nitrogens with zero attached hydrogens (tertiary/aromatic N) is 3. The minimum absolute atomic E-state index is 0.149. The van der Waals surface area contributed by atoms with E-state index in [1.807, 2.05) is 24.9 Å². The van der Waals surface area contributed by atoms with Crippen LogP contribution in [0.5, 0.6) is 0 Å². The van der Waals surface area contributed by atoms with Crippen molar-refractivity contribution in [1.29, 1.82) is 0 Å². The summed E-state index contributed by atoms with van der Waals surface area (Å²) < 4.78 is 3.62. The lowest BCUT2D eigenvalue weighted by Crippen LogP contribution is -2.32. The van der Waals surface area contributed by atoms with Crippen LogP contribution in [0.1, 0.15) is 6.92 Å². The molecule has 3 N–H and O–H groups in total. The van der Waals surface area contributed by atoms with Crippen molar-refractivity contribution in [3.8, 4) is 0 Å². The van der Waals surface area contributed by atoms with Gasteiger partial charge < -0.3 is 5.73 Å². The summed E-state index contributed by atoms with van der Waals surface area (Å²) in [6, 6.07) is 0. The van der Waals surface area contributed by atoms with Crippen LogP contribution in [-0.4, -0.2) is 14.5 Å². The quantitative estimate of drug-likeness (QED) is 0.580. The normalized spacial score (nSPS) is 11.0. The molecule has 0 aliphatic heterocycles. The Labute approximate surface area is 80.0 Å². The number of H-pyrrole nitrogens is 1. The van der Waals surface area contributed by atoms with Crippen LogP contribution < -0.4 is 15.9 Å². The summed E-state index contributed by atoms with van der Waals surface area (Å²) in [5, 5.41) is 0. The molecule has 0 aliphatic rings. The summed E-state index contributed by atoms with van der Waals surface area (Å²) in [7, 11) is 1.81. The average Bonchev–Trinajstić information content (AvgIpc) is 2.42. The van der Waals surface area contributed by atoms with Crippen molar-refractivity contribution >= 4 is 17.1 Å².